The zero-order valence-electron chi connectivity index (χ0n) is 11.8. The number of rotatable bonds is 5. The minimum absolute atomic E-state index is 0.463. The van der Waals surface area contributed by atoms with Crippen molar-refractivity contribution >= 4 is 0 Å². The lowest BCUT2D eigenvalue weighted by Gasteiger charge is -2.45. The Balaban J connectivity index is 2.63. The van der Waals surface area contributed by atoms with Crippen LogP contribution >= 0.6 is 0 Å². The van der Waals surface area contributed by atoms with Crippen molar-refractivity contribution in [2.75, 3.05) is 26.7 Å². The van der Waals surface area contributed by atoms with Gasteiger partial charge in [0.1, 0.15) is 0 Å². The second-order valence-corrected chi connectivity index (χ2v) is 5.89. The molecule has 1 saturated carbocycles. The summed E-state index contributed by atoms with van der Waals surface area (Å²) in [6, 6.07) is 0.682. The minimum atomic E-state index is 0.463. The molecule has 1 aliphatic carbocycles. The van der Waals surface area contributed by atoms with Gasteiger partial charge < -0.3 is 10.2 Å². The van der Waals surface area contributed by atoms with Crippen LogP contribution in [-0.4, -0.2) is 37.6 Å². The highest BCUT2D eigenvalue weighted by molar-refractivity contribution is 4.93. The molecule has 0 aromatic heterocycles. The largest absolute Gasteiger partial charge is 0.316 e. The first-order valence-electron chi connectivity index (χ1n) is 6.94. The smallest absolute Gasteiger partial charge is 0.0156 e. The van der Waals surface area contributed by atoms with Crippen LogP contribution in [0.15, 0.2) is 0 Å². The molecule has 2 unspecified atom stereocenters. The zero-order valence-corrected chi connectivity index (χ0v) is 11.8. The van der Waals surface area contributed by atoms with Crippen molar-refractivity contribution in [3.05, 3.63) is 0 Å². The van der Waals surface area contributed by atoms with Gasteiger partial charge in [0.05, 0.1) is 0 Å². The predicted octanol–water partition coefficient (Wildman–Crippen LogP) is 2.74. The van der Waals surface area contributed by atoms with Crippen LogP contribution in [0, 0.1) is 11.3 Å². The molecule has 0 spiro atoms. The summed E-state index contributed by atoms with van der Waals surface area (Å²) in [5.41, 5.74) is 0.463. The number of hydrogen-bond acceptors (Lipinski definition) is 2. The van der Waals surface area contributed by atoms with Crippen molar-refractivity contribution in [3.8, 4) is 0 Å². The molecule has 0 aliphatic heterocycles. The van der Waals surface area contributed by atoms with Gasteiger partial charge in [-0.1, -0.05) is 34.1 Å². The summed E-state index contributed by atoms with van der Waals surface area (Å²) in [4.78, 5) is 2.57. The SMILES string of the molecule is CCN(CC)CC1CCCC(C)(C)C1NC. The van der Waals surface area contributed by atoms with Crippen LogP contribution in [0.2, 0.25) is 0 Å². The van der Waals surface area contributed by atoms with Crippen LogP contribution < -0.4 is 5.32 Å². The maximum Gasteiger partial charge on any atom is 0.0156 e. The molecule has 1 fully saturated rings. The van der Waals surface area contributed by atoms with Gasteiger partial charge in [0, 0.05) is 12.6 Å². The maximum absolute atomic E-state index is 3.57. The Bertz CT molecular complexity index is 197. The molecular weight excluding hydrogens is 196 g/mol. The van der Waals surface area contributed by atoms with Crippen LogP contribution in [0.3, 0.4) is 0 Å². The van der Waals surface area contributed by atoms with Crippen LogP contribution in [0.25, 0.3) is 0 Å². The number of nitrogens with zero attached hydrogens (tertiary/aromatic N) is 1. The lowest BCUT2D eigenvalue weighted by Crippen LogP contribution is -2.51. The monoisotopic (exact) mass is 226 g/mol. The zero-order chi connectivity index (χ0) is 12.2. The molecule has 1 rings (SSSR count). The normalized spacial score (nSPS) is 29.6. The summed E-state index contributed by atoms with van der Waals surface area (Å²) in [6.45, 7) is 13.0. The second-order valence-electron chi connectivity index (χ2n) is 5.89. The molecule has 0 aromatic rings. The van der Waals surface area contributed by atoms with E-state index >= 15 is 0 Å². The third-order valence-corrected chi connectivity index (χ3v) is 4.41. The fourth-order valence-electron chi connectivity index (χ4n) is 3.42. The number of hydrogen-bond donors (Lipinski definition) is 1. The molecule has 0 heterocycles. The molecule has 1 N–H and O–H groups in total. The van der Waals surface area contributed by atoms with Crippen molar-refractivity contribution in [2.45, 2.75) is 53.0 Å². The fourth-order valence-corrected chi connectivity index (χ4v) is 3.42. The highest BCUT2D eigenvalue weighted by atomic mass is 15.1. The molecule has 2 heteroatoms. The van der Waals surface area contributed by atoms with E-state index in [4.69, 9.17) is 0 Å². The first-order chi connectivity index (χ1) is 7.55. The summed E-state index contributed by atoms with van der Waals surface area (Å²) in [6.07, 6.45) is 4.16. The van der Waals surface area contributed by atoms with E-state index in [1.807, 2.05) is 0 Å². The van der Waals surface area contributed by atoms with E-state index in [2.05, 4.69) is 45.0 Å². The molecule has 0 saturated heterocycles. The molecule has 0 aromatic carbocycles. The highest BCUT2D eigenvalue weighted by Gasteiger charge is 2.38. The lowest BCUT2D eigenvalue weighted by molar-refractivity contribution is 0.0864. The van der Waals surface area contributed by atoms with Gasteiger partial charge in [0.25, 0.3) is 0 Å². The topological polar surface area (TPSA) is 15.3 Å². The molecule has 1 aliphatic rings. The van der Waals surface area contributed by atoms with Gasteiger partial charge in [0.15, 0.2) is 0 Å². The van der Waals surface area contributed by atoms with Crippen molar-refractivity contribution in [1.82, 2.24) is 10.2 Å². The summed E-state index contributed by atoms with van der Waals surface area (Å²) in [7, 11) is 2.13. The third-order valence-electron chi connectivity index (χ3n) is 4.41. The second kappa shape index (κ2) is 6.02. The molecule has 2 nitrogen and oxygen atoms in total. The number of nitrogens with one attached hydrogen (secondary N) is 1. The molecular formula is C14H30N2. The maximum atomic E-state index is 3.57. The molecule has 2 atom stereocenters. The van der Waals surface area contributed by atoms with Crippen molar-refractivity contribution in [1.29, 1.82) is 0 Å². The highest BCUT2D eigenvalue weighted by Crippen LogP contribution is 2.39. The van der Waals surface area contributed by atoms with Gasteiger partial charge in [-0.15, -0.1) is 0 Å². The van der Waals surface area contributed by atoms with E-state index in [0.717, 1.165) is 5.92 Å². The van der Waals surface area contributed by atoms with E-state index in [1.54, 1.807) is 0 Å². The molecule has 0 radical (unpaired) electrons. The fraction of sp³-hybridized carbons (Fsp3) is 1.00. The van der Waals surface area contributed by atoms with E-state index < -0.39 is 0 Å². The Hall–Kier alpha value is -0.0800. The minimum Gasteiger partial charge on any atom is -0.316 e. The van der Waals surface area contributed by atoms with Crippen LogP contribution in [0.4, 0.5) is 0 Å². The first-order valence-corrected chi connectivity index (χ1v) is 6.94. The van der Waals surface area contributed by atoms with Gasteiger partial charge >= 0.3 is 0 Å². The summed E-state index contributed by atoms with van der Waals surface area (Å²) >= 11 is 0. The Kier molecular flexibility index (Phi) is 5.26. The van der Waals surface area contributed by atoms with Gasteiger partial charge in [-0.2, -0.15) is 0 Å². The molecule has 96 valence electrons. The molecule has 0 amide bonds. The third kappa shape index (κ3) is 3.21. The lowest BCUT2D eigenvalue weighted by atomic mass is 9.68. The Morgan fingerprint density at radius 1 is 1.25 bits per heavy atom. The Morgan fingerprint density at radius 3 is 2.38 bits per heavy atom. The quantitative estimate of drug-likeness (QED) is 0.775. The van der Waals surface area contributed by atoms with Gasteiger partial charge in [-0.25, -0.2) is 0 Å². The first kappa shape index (κ1) is 14.0. The average Bonchev–Trinajstić information content (AvgIpc) is 2.24. The Labute approximate surface area is 102 Å². The van der Waals surface area contributed by atoms with Gasteiger partial charge in [0.2, 0.25) is 0 Å². The summed E-state index contributed by atoms with van der Waals surface area (Å²) in [5.74, 6) is 0.827. The van der Waals surface area contributed by atoms with E-state index in [1.165, 1.54) is 38.9 Å². The van der Waals surface area contributed by atoms with Crippen LogP contribution in [-0.2, 0) is 0 Å². The van der Waals surface area contributed by atoms with Crippen molar-refractivity contribution in [3.63, 3.8) is 0 Å². The molecule has 0 bridgehead atoms. The van der Waals surface area contributed by atoms with Crippen molar-refractivity contribution < 1.29 is 0 Å². The van der Waals surface area contributed by atoms with E-state index in [-0.39, 0.29) is 0 Å². The standard InChI is InChI=1S/C14H30N2/c1-6-16(7-2)11-12-9-8-10-14(3,4)13(12)15-5/h12-13,15H,6-11H2,1-5H3. The van der Waals surface area contributed by atoms with Gasteiger partial charge in [-0.05, 0) is 44.3 Å². The van der Waals surface area contributed by atoms with Crippen LogP contribution in [0.5, 0.6) is 0 Å². The van der Waals surface area contributed by atoms with Crippen LogP contribution in [0.1, 0.15) is 47.0 Å². The van der Waals surface area contributed by atoms with E-state index in [9.17, 15) is 0 Å². The predicted molar refractivity (Wildman–Crippen MR) is 71.8 cm³/mol. The average molecular weight is 226 g/mol. The molecule has 16 heavy (non-hydrogen) atoms. The summed E-state index contributed by atoms with van der Waals surface area (Å²) in [5, 5.41) is 3.57. The van der Waals surface area contributed by atoms with E-state index in [0.29, 0.717) is 11.5 Å². The van der Waals surface area contributed by atoms with Gasteiger partial charge in [-0.3, -0.25) is 0 Å². The Morgan fingerprint density at radius 2 is 1.88 bits per heavy atom. The van der Waals surface area contributed by atoms with Crippen molar-refractivity contribution in [2.24, 2.45) is 11.3 Å². The summed E-state index contributed by atoms with van der Waals surface area (Å²) < 4.78 is 0.